The third-order valence-corrected chi connectivity index (χ3v) is 4.94. The molecule has 24 heavy (non-hydrogen) atoms. The molecule has 3 heterocycles. The van der Waals surface area contributed by atoms with Gasteiger partial charge in [-0.1, -0.05) is 17.7 Å². The first-order valence-corrected chi connectivity index (χ1v) is 8.70. The number of hydrogen-bond donors (Lipinski definition) is 0. The van der Waals surface area contributed by atoms with Crippen molar-refractivity contribution < 1.29 is 4.79 Å². The van der Waals surface area contributed by atoms with Crippen LogP contribution in [0.15, 0.2) is 41.5 Å². The van der Waals surface area contributed by atoms with E-state index < -0.39 is 0 Å². The zero-order valence-corrected chi connectivity index (χ0v) is 14.9. The van der Waals surface area contributed by atoms with E-state index in [0.29, 0.717) is 23.1 Å². The number of fused-ring (bicyclic) bond motifs is 1. The number of halogens is 1. The van der Waals surface area contributed by atoms with E-state index in [1.807, 2.05) is 26.0 Å². The fourth-order valence-electron chi connectivity index (χ4n) is 2.45. The van der Waals surface area contributed by atoms with Gasteiger partial charge in [0.2, 0.25) is 0 Å². The lowest BCUT2D eigenvalue weighted by atomic mass is 10.2. The van der Waals surface area contributed by atoms with Crippen molar-refractivity contribution in [3.05, 3.63) is 67.4 Å². The molecular weight excluding hydrogens is 346 g/mol. The summed E-state index contributed by atoms with van der Waals surface area (Å²) in [6.07, 6.45) is 3.05. The van der Waals surface area contributed by atoms with Gasteiger partial charge in [-0.2, -0.15) is 0 Å². The van der Waals surface area contributed by atoms with Crippen molar-refractivity contribution >= 4 is 34.5 Å². The van der Waals surface area contributed by atoms with E-state index in [-0.39, 0.29) is 17.0 Å². The molecule has 0 fully saturated rings. The van der Waals surface area contributed by atoms with Gasteiger partial charge in [0, 0.05) is 23.8 Å². The number of thiophene rings is 1. The number of rotatable bonds is 4. The predicted octanol–water partition coefficient (Wildman–Crippen LogP) is 3.38. The molecule has 5 nitrogen and oxygen atoms in total. The van der Waals surface area contributed by atoms with Crippen molar-refractivity contribution in [3.8, 4) is 0 Å². The van der Waals surface area contributed by atoms with Gasteiger partial charge in [0.05, 0.1) is 10.9 Å². The second kappa shape index (κ2) is 6.75. The summed E-state index contributed by atoms with van der Waals surface area (Å²) < 4.78 is 2.09. The second-order valence-corrected chi connectivity index (χ2v) is 7.24. The Balaban J connectivity index is 1.97. The number of aromatic nitrogens is 2. The largest absolute Gasteiger partial charge is 0.334 e. The van der Waals surface area contributed by atoms with Gasteiger partial charge in [-0.05, 0) is 37.6 Å². The maximum atomic E-state index is 12.8. The maximum Gasteiger partial charge on any atom is 0.270 e. The molecule has 3 aromatic rings. The van der Waals surface area contributed by atoms with Crippen molar-refractivity contribution in [3.63, 3.8) is 0 Å². The van der Waals surface area contributed by atoms with E-state index in [1.54, 1.807) is 23.2 Å². The van der Waals surface area contributed by atoms with E-state index >= 15 is 0 Å². The van der Waals surface area contributed by atoms with Crippen LogP contribution in [-0.2, 0) is 6.54 Å². The van der Waals surface area contributed by atoms with Gasteiger partial charge < -0.3 is 4.90 Å². The number of amides is 1. The molecule has 124 valence electrons. The first-order valence-electron chi connectivity index (χ1n) is 7.51. The molecule has 0 atom stereocenters. The van der Waals surface area contributed by atoms with Crippen LogP contribution in [0.5, 0.6) is 0 Å². The Hall–Kier alpha value is -2.18. The molecule has 1 amide bonds. The number of pyridine rings is 1. The first-order chi connectivity index (χ1) is 11.5. The molecular formula is C17H16ClN3O2S. The SMILES string of the molecule is CCN(Cc1ccc(Cl)s1)C(=O)c1cnc2ccc(C)cn2c1=O. The van der Waals surface area contributed by atoms with Gasteiger partial charge in [0.15, 0.2) is 0 Å². The monoisotopic (exact) mass is 361 g/mol. The molecule has 0 radical (unpaired) electrons. The number of carbonyl (C=O) groups excluding carboxylic acids is 1. The Kier molecular flexibility index (Phi) is 4.69. The topological polar surface area (TPSA) is 54.7 Å². The smallest absolute Gasteiger partial charge is 0.270 e. The van der Waals surface area contributed by atoms with Gasteiger partial charge in [-0.3, -0.25) is 14.0 Å². The van der Waals surface area contributed by atoms with Crippen LogP contribution in [-0.4, -0.2) is 26.7 Å². The summed E-state index contributed by atoms with van der Waals surface area (Å²) >= 11 is 7.37. The fraction of sp³-hybridized carbons (Fsp3) is 0.235. The summed E-state index contributed by atoms with van der Waals surface area (Å²) in [6, 6.07) is 7.32. The Morgan fingerprint density at radius 2 is 2.12 bits per heavy atom. The number of aryl methyl sites for hydroxylation is 1. The summed E-state index contributed by atoms with van der Waals surface area (Å²) in [7, 11) is 0. The lowest BCUT2D eigenvalue weighted by Crippen LogP contribution is -2.35. The van der Waals surface area contributed by atoms with E-state index in [4.69, 9.17) is 11.6 Å². The lowest BCUT2D eigenvalue weighted by Gasteiger charge is -2.19. The number of hydrogen-bond acceptors (Lipinski definition) is 4. The molecule has 0 saturated carbocycles. The highest BCUT2D eigenvalue weighted by atomic mass is 35.5. The summed E-state index contributed by atoms with van der Waals surface area (Å²) in [4.78, 5) is 32.3. The molecule has 0 saturated heterocycles. The highest BCUT2D eigenvalue weighted by Gasteiger charge is 2.20. The van der Waals surface area contributed by atoms with E-state index in [9.17, 15) is 9.59 Å². The quantitative estimate of drug-likeness (QED) is 0.715. The van der Waals surface area contributed by atoms with Crippen LogP contribution in [0.3, 0.4) is 0 Å². The van der Waals surface area contributed by atoms with Crippen molar-refractivity contribution in [2.75, 3.05) is 6.54 Å². The van der Waals surface area contributed by atoms with E-state index in [0.717, 1.165) is 10.4 Å². The molecule has 0 aromatic carbocycles. The van der Waals surface area contributed by atoms with E-state index in [2.05, 4.69) is 4.98 Å². The molecule has 0 aliphatic heterocycles. The average molecular weight is 362 g/mol. The lowest BCUT2D eigenvalue weighted by molar-refractivity contribution is 0.0751. The minimum atomic E-state index is -0.351. The maximum absolute atomic E-state index is 12.8. The zero-order chi connectivity index (χ0) is 17.3. The number of carbonyl (C=O) groups is 1. The van der Waals surface area contributed by atoms with Crippen LogP contribution >= 0.6 is 22.9 Å². The summed E-state index contributed by atoms with van der Waals surface area (Å²) in [5.41, 5.74) is 1.17. The molecule has 3 aromatic heterocycles. The Bertz CT molecular complexity index is 964. The molecule has 7 heteroatoms. The van der Waals surface area contributed by atoms with Crippen LogP contribution in [0.25, 0.3) is 5.65 Å². The molecule has 0 aliphatic rings. The fourth-order valence-corrected chi connectivity index (χ4v) is 3.56. The Morgan fingerprint density at radius 1 is 1.33 bits per heavy atom. The van der Waals surface area contributed by atoms with Crippen molar-refractivity contribution in [1.82, 2.24) is 14.3 Å². The molecule has 3 rings (SSSR count). The van der Waals surface area contributed by atoms with Gasteiger partial charge in [-0.25, -0.2) is 4.98 Å². The van der Waals surface area contributed by atoms with E-state index in [1.165, 1.54) is 21.9 Å². The first kappa shape index (κ1) is 16.7. The predicted molar refractivity (Wildman–Crippen MR) is 95.9 cm³/mol. The average Bonchev–Trinajstić information content (AvgIpc) is 2.98. The summed E-state index contributed by atoms with van der Waals surface area (Å²) in [5, 5.41) is 0. The zero-order valence-electron chi connectivity index (χ0n) is 13.3. The van der Waals surface area contributed by atoms with Crippen LogP contribution in [0.4, 0.5) is 0 Å². The standard InChI is InChI=1S/C17H16ClN3O2S/c1-3-20(10-12-5-6-14(18)24-12)16(22)13-8-19-15-7-4-11(2)9-21(15)17(13)23/h4-9H,3,10H2,1-2H3. The summed E-state index contributed by atoms with van der Waals surface area (Å²) in [5.74, 6) is -0.324. The van der Waals surface area contributed by atoms with Crippen LogP contribution in [0.2, 0.25) is 4.34 Å². The summed E-state index contributed by atoms with van der Waals surface area (Å²) in [6.45, 7) is 4.68. The van der Waals surface area contributed by atoms with Crippen molar-refractivity contribution in [2.45, 2.75) is 20.4 Å². The normalized spacial score (nSPS) is 11.0. The molecule has 0 unspecified atom stereocenters. The van der Waals surface area contributed by atoms with Gasteiger partial charge in [0.1, 0.15) is 11.2 Å². The van der Waals surface area contributed by atoms with Crippen LogP contribution in [0.1, 0.15) is 27.7 Å². The highest BCUT2D eigenvalue weighted by Crippen LogP contribution is 2.23. The molecule has 0 bridgehead atoms. The minimum Gasteiger partial charge on any atom is -0.334 e. The second-order valence-electron chi connectivity index (χ2n) is 5.44. The van der Waals surface area contributed by atoms with Crippen molar-refractivity contribution in [2.24, 2.45) is 0 Å². The Morgan fingerprint density at radius 3 is 2.79 bits per heavy atom. The molecule has 0 N–H and O–H groups in total. The Labute approximate surface area is 148 Å². The molecule has 0 spiro atoms. The minimum absolute atomic E-state index is 0.0719. The van der Waals surface area contributed by atoms with Crippen LogP contribution < -0.4 is 5.56 Å². The van der Waals surface area contributed by atoms with Crippen LogP contribution in [0, 0.1) is 6.92 Å². The van der Waals surface area contributed by atoms with Gasteiger partial charge in [-0.15, -0.1) is 11.3 Å². The van der Waals surface area contributed by atoms with Crippen molar-refractivity contribution in [1.29, 1.82) is 0 Å². The third-order valence-electron chi connectivity index (χ3n) is 3.72. The molecule has 0 aliphatic carbocycles. The van der Waals surface area contributed by atoms with Gasteiger partial charge >= 0.3 is 0 Å². The number of nitrogens with zero attached hydrogens (tertiary/aromatic N) is 3. The highest BCUT2D eigenvalue weighted by molar-refractivity contribution is 7.16. The third kappa shape index (κ3) is 3.20. The van der Waals surface area contributed by atoms with Gasteiger partial charge in [0.25, 0.3) is 11.5 Å².